The maximum Gasteiger partial charge on any atom is 0.228 e. The summed E-state index contributed by atoms with van der Waals surface area (Å²) in [5, 5.41) is 17.1. The Kier molecular flexibility index (Phi) is 7.05. The van der Waals surface area contributed by atoms with Crippen LogP contribution >= 0.6 is 11.6 Å². The van der Waals surface area contributed by atoms with Crippen LogP contribution in [-0.2, 0) is 9.84 Å². The summed E-state index contributed by atoms with van der Waals surface area (Å²) in [6.07, 6.45) is 1.68. The number of nitriles is 1. The van der Waals surface area contributed by atoms with Gasteiger partial charge in [-0.1, -0.05) is 39.3 Å². The van der Waals surface area contributed by atoms with Crippen molar-refractivity contribution in [2.45, 2.75) is 65.1 Å². The summed E-state index contributed by atoms with van der Waals surface area (Å²) in [5.41, 5.74) is 4.46. The van der Waals surface area contributed by atoms with Crippen LogP contribution in [0.2, 0.25) is 23.2 Å². The minimum absolute atomic E-state index is 0.117. The fourth-order valence-electron chi connectivity index (χ4n) is 4.08. The van der Waals surface area contributed by atoms with Crippen LogP contribution in [0.4, 0.5) is 17.5 Å². The van der Waals surface area contributed by atoms with Crippen LogP contribution < -0.4 is 10.6 Å². The third-order valence-electron chi connectivity index (χ3n) is 7.43. The van der Waals surface area contributed by atoms with Crippen LogP contribution in [0, 0.1) is 25.2 Å². The first-order valence-electron chi connectivity index (χ1n) is 12.3. The van der Waals surface area contributed by atoms with Gasteiger partial charge in [0.25, 0.3) is 0 Å². The van der Waals surface area contributed by atoms with E-state index in [4.69, 9.17) is 21.0 Å². The van der Waals surface area contributed by atoms with Crippen molar-refractivity contribution in [1.82, 2.24) is 19.9 Å². The SMILES string of the molecule is Cc1nc(C)c(Cl)c(Nc2nccc(-c3cc(C#N)c4c(c3)[C@@](C)(CO[Si](C)(C)C(C)(C)C)CN4)n2)n1. The Labute approximate surface area is 225 Å². The van der Waals surface area contributed by atoms with Gasteiger partial charge in [0, 0.05) is 30.3 Å². The van der Waals surface area contributed by atoms with Crippen molar-refractivity contribution < 1.29 is 4.43 Å². The molecule has 8 nitrogen and oxygen atoms in total. The van der Waals surface area contributed by atoms with E-state index >= 15 is 0 Å². The fraction of sp³-hybridized carbons (Fsp3) is 0.444. The largest absolute Gasteiger partial charge is 0.416 e. The Bertz CT molecular complexity index is 1400. The number of aromatic nitrogens is 4. The molecule has 194 valence electrons. The average molecular weight is 536 g/mol. The van der Waals surface area contributed by atoms with Crippen LogP contribution in [0.15, 0.2) is 24.4 Å². The molecule has 1 aromatic carbocycles. The van der Waals surface area contributed by atoms with E-state index in [-0.39, 0.29) is 10.5 Å². The molecule has 2 aromatic heterocycles. The Morgan fingerprint density at radius 3 is 2.62 bits per heavy atom. The maximum absolute atomic E-state index is 9.95. The minimum atomic E-state index is -1.94. The smallest absolute Gasteiger partial charge is 0.228 e. The van der Waals surface area contributed by atoms with Gasteiger partial charge in [0.1, 0.15) is 16.9 Å². The number of aryl methyl sites for hydroxylation is 2. The van der Waals surface area contributed by atoms with Gasteiger partial charge in [-0.05, 0) is 55.7 Å². The van der Waals surface area contributed by atoms with E-state index in [0.717, 1.165) is 16.8 Å². The van der Waals surface area contributed by atoms with Crippen LogP contribution in [0.5, 0.6) is 0 Å². The van der Waals surface area contributed by atoms with E-state index in [2.05, 4.69) is 78.5 Å². The lowest BCUT2D eigenvalue weighted by molar-refractivity contribution is 0.220. The van der Waals surface area contributed by atoms with Gasteiger partial charge >= 0.3 is 0 Å². The molecule has 0 aliphatic carbocycles. The summed E-state index contributed by atoms with van der Waals surface area (Å²) in [5.74, 6) is 1.41. The van der Waals surface area contributed by atoms with E-state index in [1.54, 1.807) is 13.1 Å². The third kappa shape index (κ3) is 5.33. The quantitative estimate of drug-likeness (QED) is 0.343. The number of rotatable bonds is 6. The number of nitrogens with zero attached hydrogens (tertiary/aromatic N) is 5. The molecular formula is C27H34ClN7OSi. The molecule has 3 heterocycles. The van der Waals surface area contributed by atoms with Gasteiger partial charge in [0.05, 0.1) is 22.6 Å². The molecule has 0 saturated carbocycles. The molecule has 0 spiro atoms. The van der Waals surface area contributed by atoms with Gasteiger partial charge in [-0.2, -0.15) is 5.26 Å². The van der Waals surface area contributed by atoms with Crippen molar-refractivity contribution >= 4 is 37.4 Å². The van der Waals surface area contributed by atoms with Crippen LogP contribution in [-0.4, -0.2) is 41.4 Å². The van der Waals surface area contributed by atoms with E-state index in [1.807, 2.05) is 19.1 Å². The molecule has 1 atom stereocenters. The van der Waals surface area contributed by atoms with Gasteiger partial charge in [0.15, 0.2) is 14.1 Å². The first-order chi connectivity index (χ1) is 17.2. The lowest BCUT2D eigenvalue weighted by Crippen LogP contribution is -2.45. The summed E-state index contributed by atoms with van der Waals surface area (Å²) < 4.78 is 6.63. The fourth-order valence-corrected chi connectivity index (χ4v) is 5.32. The molecule has 0 amide bonds. The molecule has 1 aliphatic heterocycles. The lowest BCUT2D eigenvalue weighted by atomic mass is 9.83. The first kappa shape index (κ1) is 27.0. The summed E-state index contributed by atoms with van der Waals surface area (Å²) in [6, 6.07) is 8.17. The number of fused-ring (bicyclic) bond motifs is 1. The van der Waals surface area contributed by atoms with E-state index < -0.39 is 8.32 Å². The molecule has 4 rings (SSSR count). The second-order valence-electron chi connectivity index (χ2n) is 11.4. The predicted molar refractivity (Wildman–Crippen MR) is 151 cm³/mol. The average Bonchev–Trinajstić information content (AvgIpc) is 3.17. The highest BCUT2D eigenvalue weighted by atomic mass is 35.5. The highest BCUT2D eigenvalue weighted by molar-refractivity contribution is 6.74. The van der Waals surface area contributed by atoms with Gasteiger partial charge in [-0.15, -0.1) is 0 Å². The number of halogens is 1. The van der Waals surface area contributed by atoms with Crippen molar-refractivity contribution in [3.05, 3.63) is 52.1 Å². The topological polar surface area (TPSA) is 109 Å². The molecule has 0 saturated heterocycles. The van der Waals surface area contributed by atoms with Crippen LogP contribution in [0.25, 0.3) is 11.3 Å². The summed E-state index contributed by atoms with van der Waals surface area (Å²) in [7, 11) is -1.94. The van der Waals surface area contributed by atoms with Crippen LogP contribution in [0.3, 0.4) is 0 Å². The first-order valence-corrected chi connectivity index (χ1v) is 15.6. The highest BCUT2D eigenvalue weighted by Gasteiger charge is 2.42. The molecule has 0 unspecified atom stereocenters. The Balaban J connectivity index is 1.69. The molecule has 1 aliphatic rings. The second-order valence-corrected chi connectivity index (χ2v) is 16.6. The van der Waals surface area contributed by atoms with Crippen molar-refractivity contribution in [3.8, 4) is 17.3 Å². The molecule has 37 heavy (non-hydrogen) atoms. The number of benzene rings is 1. The van der Waals surface area contributed by atoms with Crippen molar-refractivity contribution in [3.63, 3.8) is 0 Å². The van der Waals surface area contributed by atoms with Crippen LogP contribution in [0.1, 0.15) is 50.3 Å². The molecule has 2 N–H and O–H groups in total. The summed E-state index contributed by atoms with van der Waals surface area (Å²) in [4.78, 5) is 17.7. The normalized spacial score (nSPS) is 17.2. The summed E-state index contributed by atoms with van der Waals surface area (Å²) >= 11 is 6.40. The second kappa shape index (κ2) is 9.67. The predicted octanol–water partition coefficient (Wildman–Crippen LogP) is 6.52. The van der Waals surface area contributed by atoms with E-state index in [9.17, 15) is 5.26 Å². The zero-order chi connectivity index (χ0) is 27.2. The van der Waals surface area contributed by atoms with Gasteiger partial charge in [-0.3, -0.25) is 0 Å². The zero-order valence-corrected chi connectivity index (χ0v) is 24.5. The molecule has 10 heteroatoms. The Hall–Kier alpha value is -3.06. The number of hydrogen-bond donors (Lipinski definition) is 2. The van der Waals surface area contributed by atoms with Gasteiger partial charge < -0.3 is 15.1 Å². The molecular weight excluding hydrogens is 502 g/mol. The van der Waals surface area contributed by atoms with E-state index in [0.29, 0.717) is 52.7 Å². The summed E-state index contributed by atoms with van der Waals surface area (Å²) in [6.45, 7) is 18.4. The van der Waals surface area contributed by atoms with E-state index in [1.165, 1.54) is 0 Å². The monoisotopic (exact) mass is 535 g/mol. The highest BCUT2D eigenvalue weighted by Crippen LogP contribution is 2.44. The number of anilines is 3. The lowest BCUT2D eigenvalue weighted by Gasteiger charge is -2.39. The molecule has 0 bridgehead atoms. The van der Waals surface area contributed by atoms with Crippen molar-refractivity contribution in [2.24, 2.45) is 0 Å². The number of nitrogens with one attached hydrogen (secondary N) is 2. The van der Waals surface area contributed by atoms with Crippen molar-refractivity contribution in [1.29, 1.82) is 5.26 Å². The number of hydrogen-bond acceptors (Lipinski definition) is 8. The minimum Gasteiger partial charge on any atom is -0.416 e. The maximum atomic E-state index is 9.95. The van der Waals surface area contributed by atoms with Crippen molar-refractivity contribution in [2.75, 3.05) is 23.8 Å². The standard InChI is InChI=1S/C27H34ClN7OSi/c1-16-22(28)24(33-17(2)32-16)35-25-30-10-9-21(34-25)18-11-19(13-29)23-20(12-18)27(6,14-31-23)15-36-37(7,8)26(3,4)5/h9-12,31H,14-15H2,1-8H3,(H,30,32,33,34,35)/t27-/m1/s1. The van der Waals surface area contributed by atoms with Gasteiger partial charge in [0.2, 0.25) is 5.95 Å². The van der Waals surface area contributed by atoms with Gasteiger partial charge in [-0.25, -0.2) is 19.9 Å². The Morgan fingerprint density at radius 1 is 1.22 bits per heavy atom. The zero-order valence-electron chi connectivity index (χ0n) is 22.7. The molecule has 0 fully saturated rings. The third-order valence-corrected chi connectivity index (χ3v) is 12.4. The molecule has 0 radical (unpaired) electrons. The molecule has 3 aromatic rings. The Morgan fingerprint density at radius 2 is 1.95 bits per heavy atom.